The van der Waals surface area contributed by atoms with E-state index < -0.39 is 5.60 Å². The highest BCUT2D eigenvalue weighted by molar-refractivity contribution is 5.96. The molecular weight excluding hydrogens is 480 g/mol. The standard InChI is InChI=1S/C16H22N2O3.C11H14N2O.ClH/c1-16(2,3)21-15(20)18-10-7-12(8-11-18)14(19)13-6-4-5-9-17-13;14-11(9-4-7-12-8-5-9)10-3-1-2-6-13-10;/h4-6,9,12H,7-8,10-11H2,1-3H3;1-3,6,9,12H,4-5,7-8H2;1H. The summed E-state index contributed by atoms with van der Waals surface area (Å²) in [5.74, 6) is 0.385. The number of nitrogens with one attached hydrogen (secondary N) is 1. The Bertz CT molecular complexity index is 968. The summed E-state index contributed by atoms with van der Waals surface area (Å²) in [5, 5.41) is 3.25. The molecule has 2 aliphatic heterocycles. The summed E-state index contributed by atoms with van der Waals surface area (Å²) in [6.45, 7) is 8.55. The zero-order valence-electron chi connectivity index (χ0n) is 21.3. The van der Waals surface area contributed by atoms with E-state index in [0.29, 0.717) is 37.3 Å². The summed E-state index contributed by atoms with van der Waals surface area (Å²) < 4.78 is 5.35. The van der Waals surface area contributed by atoms with Crippen LogP contribution in [0.15, 0.2) is 48.8 Å². The van der Waals surface area contributed by atoms with Gasteiger partial charge in [0.05, 0.1) is 0 Å². The number of ketones is 2. The van der Waals surface area contributed by atoms with Gasteiger partial charge in [0, 0.05) is 37.3 Å². The number of aromatic nitrogens is 2. The van der Waals surface area contributed by atoms with Crippen molar-refractivity contribution in [3.05, 3.63) is 60.2 Å². The Morgan fingerprint density at radius 1 is 0.833 bits per heavy atom. The molecule has 0 spiro atoms. The highest BCUT2D eigenvalue weighted by atomic mass is 35.5. The number of pyridine rings is 2. The molecule has 4 rings (SSSR count). The maximum Gasteiger partial charge on any atom is 0.410 e. The lowest BCUT2D eigenvalue weighted by atomic mass is 9.91. The van der Waals surface area contributed by atoms with Gasteiger partial charge in [-0.05, 0) is 83.8 Å². The molecule has 0 aliphatic carbocycles. The van der Waals surface area contributed by atoms with Crippen molar-refractivity contribution in [1.29, 1.82) is 0 Å². The van der Waals surface area contributed by atoms with Gasteiger partial charge < -0.3 is 15.0 Å². The van der Waals surface area contributed by atoms with E-state index in [2.05, 4.69) is 15.3 Å². The maximum atomic E-state index is 12.3. The Kier molecular flexibility index (Phi) is 11.5. The minimum Gasteiger partial charge on any atom is -0.444 e. The molecule has 0 aromatic carbocycles. The Morgan fingerprint density at radius 3 is 1.72 bits per heavy atom. The van der Waals surface area contributed by atoms with Crippen LogP contribution in [0.1, 0.15) is 67.4 Å². The molecule has 2 saturated heterocycles. The Morgan fingerprint density at radius 2 is 1.31 bits per heavy atom. The molecule has 0 radical (unpaired) electrons. The van der Waals surface area contributed by atoms with Gasteiger partial charge in [-0.15, -0.1) is 12.4 Å². The van der Waals surface area contributed by atoms with Gasteiger partial charge in [-0.2, -0.15) is 0 Å². The lowest BCUT2D eigenvalue weighted by Crippen LogP contribution is -2.43. The minimum atomic E-state index is -0.488. The number of halogens is 1. The van der Waals surface area contributed by atoms with Gasteiger partial charge in [0.25, 0.3) is 0 Å². The molecule has 2 aromatic heterocycles. The zero-order chi connectivity index (χ0) is 25.3. The fourth-order valence-corrected chi connectivity index (χ4v) is 4.17. The lowest BCUT2D eigenvalue weighted by Gasteiger charge is -2.32. The van der Waals surface area contributed by atoms with Gasteiger partial charge >= 0.3 is 6.09 Å². The number of nitrogens with zero attached hydrogens (tertiary/aromatic N) is 3. The van der Waals surface area contributed by atoms with Crippen molar-refractivity contribution < 1.29 is 19.1 Å². The van der Waals surface area contributed by atoms with Crippen molar-refractivity contribution in [2.45, 2.75) is 52.1 Å². The summed E-state index contributed by atoms with van der Waals surface area (Å²) in [4.78, 5) is 46.0. The molecule has 9 heteroatoms. The third-order valence-electron chi connectivity index (χ3n) is 6.06. The van der Waals surface area contributed by atoms with Crippen LogP contribution in [0.2, 0.25) is 0 Å². The fourth-order valence-electron chi connectivity index (χ4n) is 4.17. The van der Waals surface area contributed by atoms with Crippen LogP contribution < -0.4 is 5.32 Å². The minimum absolute atomic E-state index is 0. The molecule has 0 bridgehead atoms. The predicted molar refractivity (Wildman–Crippen MR) is 141 cm³/mol. The average Bonchev–Trinajstić information content (AvgIpc) is 2.89. The smallest absolute Gasteiger partial charge is 0.410 e. The van der Waals surface area contributed by atoms with Gasteiger partial charge in [-0.1, -0.05) is 12.1 Å². The number of carbonyl (C=O) groups excluding carboxylic acids is 3. The average molecular weight is 517 g/mol. The number of hydrogen-bond acceptors (Lipinski definition) is 7. The number of ether oxygens (including phenoxy) is 1. The normalized spacial score (nSPS) is 16.7. The first-order valence-electron chi connectivity index (χ1n) is 12.3. The number of rotatable bonds is 4. The first-order chi connectivity index (χ1) is 16.7. The second-order valence-electron chi connectivity index (χ2n) is 9.92. The van der Waals surface area contributed by atoms with E-state index in [0.717, 1.165) is 25.9 Å². The summed E-state index contributed by atoms with van der Waals surface area (Å²) in [7, 11) is 0. The first-order valence-corrected chi connectivity index (χ1v) is 12.3. The number of amides is 1. The third-order valence-corrected chi connectivity index (χ3v) is 6.06. The van der Waals surface area contributed by atoms with Gasteiger partial charge in [0.15, 0.2) is 11.6 Å². The molecule has 1 N–H and O–H groups in total. The third kappa shape index (κ3) is 8.99. The van der Waals surface area contributed by atoms with E-state index in [1.807, 2.05) is 39.0 Å². The largest absolute Gasteiger partial charge is 0.444 e. The number of piperidine rings is 2. The van der Waals surface area contributed by atoms with Crippen LogP contribution >= 0.6 is 12.4 Å². The van der Waals surface area contributed by atoms with Crippen LogP contribution in [0, 0.1) is 11.8 Å². The van der Waals surface area contributed by atoms with Gasteiger partial charge in [0.2, 0.25) is 0 Å². The first kappa shape index (κ1) is 29.4. The number of hydrogen-bond donors (Lipinski definition) is 1. The lowest BCUT2D eigenvalue weighted by molar-refractivity contribution is 0.0182. The molecule has 0 unspecified atom stereocenters. The van der Waals surface area contributed by atoms with Crippen LogP contribution in [0.4, 0.5) is 4.79 Å². The number of carbonyl (C=O) groups is 3. The van der Waals surface area contributed by atoms with Crippen molar-refractivity contribution in [2.75, 3.05) is 26.2 Å². The van der Waals surface area contributed by atoms with Crippen LogP contribution in [-0.4, -0.2) is 64.3 Å². The molecule has 1 amide bonds. The monoisotopic (exact) mass is 516 g/mol. The van der Waals surface area contributed by atoms with Crippen LogP contribution in [0.3, 0.4) is 0 Å². The molecule has 4 heterocycles. The van der Waals surface area contributed by atoms with Crippen LogP contribution in [0.5, 0.6) is 0 Å². The molecule has 0 saturated carbocycles. The SMILES string of the molecule is CC(C)(C)OC(=O)N1CCC(C(=O)c2ccccn2)CC1.Cl.O=C(c1ccccn1)C1CCNCC1. The molecule has 0 atom stereocenters. The fraction of sp³-hybridized carbons (Fsp3) is 0.519. The summed E-state index contributed by atoms with van der Waals surface area (Å²) in [6.07, 6.45) is 6.21. The van der Waals surface area contributed by atoms with Gasteiger partial charge in [-0.3, -0.25) is 19.6 Å². The molecule has 2 aromatic rings. The van der Waals surface area contributed by atoms with E-state index >= 15 is 0 Å². The van der Waals surface area contributed by atoms with E-state index in [9.17, 15) is 14.4 Å². The summed E-state index contributed by atoms with van der Waals surface area (Å²) >= 11 is 0. The second-order valence-corrected chi connectivity index (χ2v) is 9.92. The van der Waals surface area contributed by atoms with E-state index in [-0.39, 0.29) is 41.9 Å². The topological polar surface area (TPSA) is 101 Å². The van der Waals surface area contributed by atoms with Crippen molar-refractivity contribution in [2.24, 2.45) is 11.8 Å². The van der Waals surface area contributed by atoms with E-state index in [1.165, 1.54) is 0 Å². The highest BCUT2D eigenvalue weighted by Gasteiger charge is 2.30. The molecule has 8 nitrogen and oxygen atoms in total. The second kappa shape index (κ2) is 14.0. The predicted octanol–water partition coefficient (Wildman–Crippen LogP) is 4.60. The molecular formula is C27H37ClN4O4. The van der Waals surface area contributed by atoms with E-state index in [4.69, 9.17) is 4.74 Å². The number of Topliss-reactive ketones (excluding diaryl/α,β-unsaturated/α-hetero) is 2. The summed E-state index contributed by atoms with van der Waals surface area (Å²) in [5.41, 5.74) is 0.630. The summed E-state index contributed by atoms with van der Waals surface area (Å²) in [6, 6.07) is 10.8. The Hall–Kier alpha value is -2.84. The van der Waals surface area contributed by atoms with Crippen molar-refractivity contribution in [3.8, 4) is 0 Å². The quantitative estimate of drug-likeness (QED) is 0.592. The Labute approximate surface area is 219 Å². The van der Waals surface area contributed by atoms with E-state index in [1.54, 1.807) is 35.5 Å². The maximum absolute atomic E-state index is 12.3. The van der Waals surface area contributed by atoms with Gasteiger partial charge in [0.1, 0.15) is 17.0 Å². The van der Waals surface area contributed by atoms with Crippen LogP contribution in [-0.2, 0) is 4.74 Å². The van der Waals surface area contributed by atoms with Crippen molar-refractivity contribution in [1.82, 2.24) is 20.2 Å². The molecule has 2 fully saturated rings. The van der Waals surface area contributed by atoms with Crippen LogP contribution in [0.25, 0.3) is 0 Å². The molecule has 2 aliphatic rings. The Balaban J connectivity index is 0.000000265. The zero-order valence-corrected chi connectivity index (χ0v) is 22.1. The molecule has 196 valence electrons. The molecule has 36 heavy (non-hydrogen) atoms. The highest BCUT2D eigenvalue weighted by Crippen LogP contribution is 2.22. The number of likely N-dealkylation sites (tertiary alicyclic amines) is 1. The van der Waals surface area contributed by atoms with Gasteiger partial charge in [-0.25, -0.2) is 4.79 Å². The van der Waals surface area contributed by atoms with Crippen molar-refractivity contribution in [3.63, 3.8) is 0 Å². The van der Waals surface area contributed by atoms with Crippen molar-refractivity contribution >= 4 is 30.1 Å².